The van der Waals surface area contributed by atoms with Crippen LogP contribution in [0.25, 0.3) is 0 Å². The van der Waals surface area contributed by atoms with Gasteiger partial charge in [0.25, 0.3) is 0 Å². The van der Waals surface area contributed by atoms with Gasteiger partial charge in [-0.15, -0.1) is 0 Å². The molecule has 1 fully saturated rings. The second-order valence-corrected chi connectivity index (χ2v) is 5.01. The van der Waals surface area contributed by atoms with Gasteiger partial charge in [0.05, 0.1) is 6.10 Å². The molecule has 104 valence electrons. The lowest BCUT2D eigenvalue weighted by atomic mass is 9.92. The fourth-order valence-electron chi connectivity index (χ4n) is 2.45. The molecule has 0 saturated heterocycles. The Kier molecular flexibility index (Phi) is 4.50. The number of aliphatic hydroxyl groups excluding tert-OH is 1. The number of hydrogen-bond acceptors (Lipinski definition) is 3. The van der Waals surface area contributed by atoms with Crippen molar-refractivity contribution in [2.75, 3.05) is 0 Å². The number of carbonyl (C=O) groups excluding carboxylic acids is 1. The molecule has 1 aliphatic rings. The molecule has 4 N–H and O–H groups in total. The molecule has 0 spiro atoms. The van der Waals surface area contributed by atoms with Crippen molar-refractivity contribution >= 4 is 5.91 Å². The molecule has 0 radical (unpaired) electrons. The predicted octanol–water partition coefficient (Wildman–Crippen LogP) is 1.32. The molecule has 0 aliphatic heterocycles. The molecule has 1 aromatic carbocycles. The number of amides is 1. The molecule has 2 rings (SSSR count). The van der Waals surface area contributed by atoms with Crippen molar-refractivity contribution in [1.82, 2.24) is 5.32 Å². The highest BCUT2D eigenvalue weighted by Crippen LogP contribution is 2.19. The highest BCUT2D eigenvalue weighted by Gasteiger charge is 2.22. The zero-order valence-electron chi connectivity index (χ0n) is 10.7. The zero-order chi connectivity index (χ0) is 13.8. The van der Waals surface area contributed by atoms with Crippen LogP contribution in [0, 0.1) is 5.82 Å². The predicted molar refractivity (Wildman–Crippen MR) is 70.0 cm³/mol. The minimum atomic E-state index is -0.570. The number of nitrogens with two attached hydrogens (primary N) is 1. The standard InChI is InChI=1S/C14H19FN2O2/c15-11-6-5-9(14(16)19)7-10(11)8-17-12-3-1-2-4-13(12)18/h5-7,12-13,17-18H,1-4,8H2,(H2,16,19). The van der Waals surface area contributed by atoms with Crippen molar-refractivity contribution in [1.29, 1.82) is 0 Å². The summed E-state index contributed by atoms with van der Waals surface area (Å²) in [6, 6.07) is 4.07. The fourth-order valence-corrected chi connectivity index (χ4v) is 2.45. The first-order valence-electron chi connectivity index (χ1n) is 6.57. The van der Waals surface area contributed by atoms with Crippen molar-refractivity contribution in [2.45, 2.75) is 44.4 Å². The van der Waals surface area contributed by atoms with Gasteiger partial charge in [-0.3, -0.25) is 4.79 Å². The van der Waals surface area contributed by atoms with E-state index in [0.717, 1.165) is 25.7 Å². The van der Waals surface area contributed by atoms with Gasteiger partial charge >= 0.3 is 0 Å². The summed E-state index contributed by atoms with van der Waals surface area (Å²) in [7, 11) is 0. The van der Waals surface area contributed by atoms with Crippen molar-refractivity contribution in [3.05, 3.63) is 35.1 Å². The summed E-state index contributed by atoms with van der Waals surface area (Å²) < 4.78 is 13.6. The van der Waals surface area contributed by atoms with Gasteiger partial charge < -0.3 is 16.2 Å². The third kappa shape index (κ3) is 3.52. The van der Waals surface area contributed by atoms with E-state index in [-0.39, 0.29) is 24.5 Å². The van der Waals surface area contributed by atoms with E-state index < -0.39 is 5.91 Å². The lowest BCUT2D eigenvalue weighted by Crippen LogP contribution is -2.41. The number of aliphatic hydroxyl groups is 1. The zero-order valence-corrected chi connectivity index (χ0v) is 10.7. The quantitative estimate of drug-likeness (QED) is 0.769. The van der Waals surface area contributed by atoms with Gasteiger partial charge in [0.1, 0.15) is 5.82 Å². The van der Waals surface area contributed by atoms with Crippen LogP contribution in [-0.2, 0) is 6.54 Å². The topological polar surface area (TPSA) is 75.4 Å². The summed E-state index contributed by atoms with van der Waals surface area (Å²) in [6.07, 6.45) is 3.39. The smallest absolute Gasteiger partial charge is 0.248 e. The first-order valence-corrected chi connectivity index (χ1v) is 6.57. The Morgan fingerprint density at radius 3 is 2.84 bits per heavy atom. The Morgan fingerprint density at radius 2 is 2.16 bits per heavy atom. The van der Waals surface area contributed by atoms with E-state index in [1.54, 1.807) is 0 Å². The van der Waals surface area contributed by atoms with Gasteiger partial charge in [0, 0.05) is 23.7 Å². The number of halogens is 1. The summed E-state index contributed by atoms with van der Waals surface area (Å²) in [5, 5.41) is 13.0. The lowest BCUT2D eigenvalue weighted by molar-refractivity contribution is 0.0900. The van der Waals surface area contributed by atoms with Crippen LogP contribution in [0.15, 0.2) is 18.2 Å². The first kappa shape index (κ1) is 14.0. The molecule has 0 bridgehead atoms. The van der Waals surface area contributed by atoms with E-state index in [9.17, 15) is 14.3 Å². The Hall–Kier alpha value is -1.46. The van der Waals surface area contributed by atoms with E-state index in [2.05, 4.69) is 5.32 Å². The van der Waals surface area contributed by atoms with Crippen molar-refractivity contribution < 1.29 is 14.3 Å². The van der Waals surface area contributed by atoms with Crippen LogP contribution < -0.4 is 11.1 Å². The number of benzene rings is 1. The molecule has 1 aromatic rings. The van der Waals surface area contributed by atoms with Crippen molar-refractivity contribution in [3.8, 4) is 0 Å². The SMILES string of the molecule is NC(=O)c1ccc(F)c(CNC2CCCCC2O)c1. The van der Waals surface area contributed by atoms with Gasteiger partial charge in [0.2, 0.25) is 5.91 Å². The molecule has 0 heterocycles. The molecule has 4 nitrogen and oxygen atoms in total. The lowest BCUT2D eigenvalue weighted by Gasteiger charge is -2.28. The minimum Gasteiger partial charge on any atom is -0.392 e. The van der Waals surface area contributed by atoms with Crippen LogP contribution >= 0.6 is 0 Å². The molecule has 1 amide bonds. The summed E-state index contributed by atoms with van der Waals surface area (Å²) >= 11 is 0. The third-order valence-electron chi connectivity index (χ3n) is 3.61. The maximum Gasteiger partial charge on any atom is 0.248 e. The highest BCUT2D eigenvalue weighted by molar-refractivity contribution is 5.92. The number of carbonyl (C=O) groups is 1. The Morgan fingerprint density at radius 1 is 1.42 bits per heavy atom. The van der Waals surface area contributed by atoms with E-state index in [1.165, 1.54) is 18.2 Å². The van der Waals surface area contributed by atoms with Crippen LogP contribution in [-0.4, -0.2) is 23.2 Å². The highest BCUT2D eigenvalue weighted by atomic mass is 19.1. The fraction of sp³-hybridized carbons (Fsp3) is 0.500. The van der Waals surface area contributed by atoms with Gasteiger partial charge in [-0.2, -0.15) is 0 Å². The normalized spacial score (nSPS) is 23.3. The van der Waals surface area contributed by atoms with E-state index in [0.29, 0.717) is 11.1 Å². The Labute approximate surface area is 111 Å². The molecule has 19 heavy (non-hydrogen) atoms. The van der Waals surface area contributed by atoms with Gasteiger partial charge in [-0.25, -0.2) is 4.39 Å². The Balaban J connectivity index is 2.02. The van der Waals surface area contributed by atoms with E-state index in [4.69, 9.17) is 5.73 Å². The van der Waals surface area contributed by atoms with Crippen molar-refractivity contribution in [3.63, 3.8) is 0 Å². The largest absolute Gasteiger partial charge is 0.392 e. The van der Waals surface area contributed by atoms with Crippen molar-refractivity contribution in [2.24, 2.45) is 5.73 Å². The maximum absolute atomic E-state index is 13.6. The van der Waals surface area contributed by atoms with Crippen LogP contribution in [0.3, 0.4) is 0 Å². The molecule has 2 atom stereocenters. The summed E-state index contributed by atoms with van der Waals surface area (Å²) in [5.74, 6) is -0.943. The number of nitrogens with one attached hydrogen (secondary N) is 1. The minimum absolute atomic E-state index is 0.00890. The second kappa shape index (κ2) is 6.12. The van der Waals surface area contributed by atoms with Gasteiger partial charge in [-0.1, -0.05) is 12.8 Å². The molecule has 2 unspecified atom stereocenters. The molecule has 0 aromatic heterocycles. The number of primary amides is 1. The molecule has 1 aliphatic carbocycles. The molecule has 1 saturated carbocycles. The molecular weight excluding hydrogens is 247 g/mol. The second-order valence-electron chi connectivity index (χ2n) is 5.01. The average molecular weight is 266 g/mol. The average Bonchev–Trinajstić information content (AvgIpc) is 2.39. The summed E-state index contributed by atoms with van der Waals surface area (Å²) in [5.41, 5.74) is 5.86. The van der Waals surface area contributed by atoms with E-state index >= 15 is 0 Å². The van der Waals surface area contributed by atoms with Crippen LogP contribution in [0.1, 0.15) is 41.6 Å². The summed E-state index contributed by atoms with van der Waals surface area (Å²) in [4.78, 5) is 11.1. The third-order valence-corrected chi connectivity index (χ3v) is 3.61. The monoisotopic (exact) mass is 266 g/mol. The maximum atomic E-state index is 13.6. The Bertz CT molecular complexity index is 465. The first-order chi connectivity index (χ1) is 9.08. The number of rotatable bonds is 4. The number of hydrogen-bond donors (Lipinski definition) is 3. The van der Waals surface area contributed by atoms with Gasteiger partial charge in [-0.05, 0) is 31.0 Å². The van der Waals surface area contributed by atoms with Crippen LogP contribution in [0.5, 0.6) is 0 Å². The molecule has 5 heteroatoms. The van der Waals surface area contributed by atoms with Crippen LogP contribution in [0.4, 0.5) is 4.39 Å². The molecular formula is C14H19FN2O2. The van der Waals surface area contributed by atoms with Gasteiger partial charge in [0.15, 0.2) is 0 Å². The summed E-state index contributed by atoms with van der Waals surface area (Å²) in [6.45, 7) is 0.286. The van der Waals surface area contributed by atoms with Crippen LogP contribution in [0.2, 0.25) is 0 Å². The van der Waals surface area contributed by atoms with E-state index in [1.807, 2.05) is 0 Å².